The third kappa shape index (κ3) is 3.30. The average molecular weight is 413 g/mol. The standard InChI is InChI=1S/C30H24N2/c1-3-11-23(12-4-1)21-31-27-17-9-7-15-25(27)19-29(31)30-20-26-16-8-10-18-28(26)32(30)22-24-13-5-2-6-14-24/h1-20H,21-22H2. The molecule has 6 aromatic rings. The minimum absolute atomic E-state index is 0.844. The fourth-order valence-electron chi connectivity index (χ4n) is 4.72. The van der Waals surface area contributed by atoms with Gasteiger partial charge in [-0.15, -0.1) is 0 Å². The SMILES string of the molecule is c1ccc(Cn2c(-c3cc4ccccc4n3Cc3ccccc3)cc3ccccc32)cc1. The number of aromatic nitrogens is 2. The van der Waals surface area contributed by atoms with Crippen LogP contribution in [0.15, 0.2) is 121 Å². The molecule has 0 aliphatic carbocycles. The molecule has 32 heavy (non-hydrogen) atoms. The van der Waals surface area contributed by atoms with Gasteiger partial charge in [0.15, 0.2) is 0 Å². The minimum atomic E-state index is 0.844. The number of para-hydroxylation sites is 2. The number of nitrogens with zero attached hydrogens (tertiary/aromatic N) is 2. The zero-order valence-electron chi connectivity index (χ0n) is 17.9. The van der Waals surface area contributed by atoms with Gasteiger partial charge in [0.05, 0.1) is 11.4 Å². The molecular formula is C30H24N2. The molecule has 2 nitrogen and oxygen atoms in total. The maximum Gasteiger partial charge on any atom is 0.0662 e. The predicted octanol–water partition coefficient (Wildman–Crippen LogP) is 7.36. The molecule has 6 rings (SSSR count). The third-order valence-electron chi connectivity index (χ3n) is 6.25. The van der Waals surface area contributed by atoms with Gasteiger partial charge in [-0.2, -0.15) is 0 Å². The van der Waals surface area contributed by atoms with Crippen molar-refractivity contribution >= 4 is 21.8 Å². The highest BCUT2D eigenvalue weighted by Crippen LogP contribution is 2.34. The molecule has 2 heterocycles. The monoisotopic (exact) mass is 412 g/mol. The van der Waals surface area contributed by atoms with Crippen LogP contribution in [0.3, 0.4) is 0 Å². The van der Waals surface area contributed by atoms with E-state index in [4.69, 9.17) is 0 Å². The largest absolute Gasteiger partial charge is 0.335 e. The molecule has 0 N–H and O–H groups in total. The fourth-order valence-corrected chi connectivity index (χ4v) is 4.72. The van der Waals surface area contributed by atoms with Crippen molar-refractivity contribution in [1.82, 2.24) is 9.13 Å². The van der Waals surface area contributed by atoms with Crippen LogP contribution in [0.4, 0.5) is 0 Å². The first-order chi connectivity index (χ1) is 15.9. The zero-order valence-corrected chi connectivity index (χ0v) is 17.9. The van der Waals surface area contributed by atoms with E-state index in [9.17, 15) is 0 Å². The van der Waals surface area contributed by atoms with E-state index >= 15 is 0 Å². The number of hydrogen-bond acceptors (Lipinski definition) is 0. The molecule has 154 valence electrons. The lowest BCUT2D eigenvalue weighted by atomic mass is 10.2. The van der Waals surface area contributed by atoms with E-state index in [1.165, 1.54) is 44.3 Å². The van der Waals surface area contributed by atoms with Gasteiger partial charge in [0.2, 0.25) is 0 Å². The first-order valence-electron chi connectivity index (χ1n) is 11.1. The number of hydrogen-bond donors (Lipinski definition) is 0. The molecule has 0 spiro atoms. The Morgan fingerprint density at radius 2 is 0.781 bits per heavy atom. The topological polar surface area (TPSA) is 9.86 Å². The van der Waals surface area contributed by atoms with E-state index in [-0.39, 0.29) is 0 Å². The van der Waals surface area contributed by atoms with Crippen LogP contribution in [0.1, 0.15) is 11.1 Å². The van der Waals surface area contributed by atoms with Crippen molar-refractivity contribution in [3.05, 3.63) is 132 Å². The van der Waals surface area contributed by atoms with Crippen LogP contribution >= 0.6 is 0 Å². The van der Waals surface area contributed by atoms with Gasteiger partial charge in [0, 0.05) is 34.9 Å². The summed E-state index contributed by atoms with van der Waals surface area (Å²) in [6.07, 6.45) is 0. The van der Waals surface area contributed by atoms with Crippen LogP contribution in [0.2, 0.25) is 0 Å². The van der Waals surface area contributed by atoms with Crippen molar-refractivity contribution < 1.29 is 0 Å². The summed E-state index contributed by atoms with van der Waals surface area (Å²) in [5, 5.41) is 2.55. The van der Waals surface area contributed by atoms with Crippen molar-refractivity contribution in [2.45, 2.75) is 13.1 Å². The lowest BCUT2D eigenvalue weighted by Gasteiger charge is -2.15. The molecule has 2 aromatic heterocycles. The van der Waals surface area contributed by atoms with Gasteiger partial charge in [-0.1, -0.05) is 97.1 Å². The van der Waals surface area contributed by atoms with E-state index in [1.807, 2.05) is 0 Å². The highest BCUT2D eigenvalue weighted by atomic mass is 15.1. The molecule has 0 saturated heterocycles. The summed E-state index contributed by atoms with van der Waals surface area (Å²) in [4.78, 5) is 0. The van der Waals surface area contributed by atoms with Crippen molar-refractivity contribution in [1.29, 1.82) is 0 Å². The normalized spacial score (nSPS) is 11.4. The predicted molar refractivity (Wildman–Crippen MR) is 134 cm³/mol. The zero-order chi connectivity index (χ0) is 21.3. The first kappa shape index (κ1) is 18.7. The van der Waals surface area contributed by atoms with E-state index in [0.717, 1.165) is 13.1 Å². The molecule has 0 atom stereocenters. The molecule has 0 aliphatic rings. The van der Waals surface area contributed by atoms with Gasteiger partial charge in [-0.25, -0.2) is 0 Å². The van der Waals surface area contributed by atoms with Gasteiger partial charge < -0.3 is 9.13 Å². The Morgan fingerprint density at radius 3 is 1.22 bits per heavy atom. The van der Waals surface area contributed by atoms with Gasteiger partial charge in [0.25, 0.3) is 0 Å². The molecule has 0 aliphatic heterocycles. The molecule has 0 fully saturated rings. The number of benzene rings is 4. The number of fused-ring (bicyclic) bond motifs is 2. The van der Waals surface area contributed by atoms with Crippen molar-refractivity contribution in [3.63, 3.8) is 0 Å². The van der Waals surface area contributed by atoms with Crippen molar-refractivity contribution in [2.24, 2.45) is 0 Å². The second-order valence-corrected chi connectivity index (χ2v) is 8.32. The van der Waals surface area contributed by atoms with Crippen LogP contribution in [0.25, 0.3) is 33.2 Å². The Balaban J connectivity index is 1.58. The van der Waals surface area contributed by atoms with Crippen LogP contribution in [0.5, 0.6) is 0 Å². The maximum absolute atomic E-state index is 2.46. The summed E-state index contributed by atoms with van der Waals surface area (Å²) < 4.78 is 4.92. The summed E-state index contributed by atoms with van der Waals surface area (Å²) in [6.45, 7) is 1.69. The summed E-state index contributed by atoms with van der Waals surface area (Å²) in [6, 6.07) is 43.5. The molecule has 0 saturated carbocycles. The van der Waals surface area contributed by atoms with E-state index in [2.05, 4.69) is 130 Å². The number of rotatable bonds is 5. The molecular weight excluding hydrogens is 388 g/mol. The molecule has 0 bridgehead atoms. The summed E-state index contributed by atoms with van der Waals surface area (Å²) in [5.74, 6) is 0. The fraction of sp³-hybridized carbons (Fsp3) is 0.0667. The molecule has 4 aromatic carbocycles. The minimum Gasteiger partial charge on any atom is -0.335 e. The Bertz CT molecular complexity index is 1390. The van der Waals surface area contributed by atoms with Crippen molar-refractivity contribution in [2.75, 3.05) is 0 Å². The quantitative estimate of drug-likeness (QED) is 0.280. The Kier molecular flexibility index (Phi) is 4.62. The second-order valence-electron chi connectivity index (χ2n) is 8.32. The lowest BCUT2D eigenvalue weighted by Crippen LogP contribution is -2.06. The smallest absolute Gasteiger partial charge is 0.0662 e. The average Bonchev–Trinajstić information content (AvgIpc) is 3.39. The molecule has 0 radical (unpaired) electrons. The maximum atomic E-state index is 2.46. The second kappa shape index (κ2) is 7.90. The van der Waals surface area contributed by atoms with E-state index < -0.39 is 0 Å². The molecule has 0 unspecified atom stereocenters. The van der Waals surface area contributed by atoms with Crippen LogP contribution in [-0.4, -0.2) is 9.13 Å². The molecule has 2 heteroatoms. The third-order valence-corrected chi connectivity index (χ3v) is 6.25. The highest BCUT2D eigenvalue weighted by molar-refractivity contribution is 5.91. The Labute approximate surface area is 188 Å². The summed E-state index contributed by atoms with van der Waals surface area (Å²) in [5.41, 5.74) is 7.65. The van der Waals surface area contributed by atoms with Gasteiger partial charge >= 0.3 is 0 Å². The summed E-state index contributed by atoms with van der Waals surface area (Å²) in [7, 11) is 0. The van der Waals surface area contributed by atoms with E-state index in [1.54, 1.807) is 0 Å². The highest BCUT2D eigenvalue weighted by Gasteiger charge is 2.17. The first-order valence-corrected chi connectivity index (χ1v) is 11.1. The van der Waals surface area contributed by atoms with Crippen LogP contribution < -0.4 is 0 Å². The van der Waals surface area contributed by atoms with E-state index in [0.29, 0.717) is 0 Å². The van der Waals surface area contributed by atoms with Crippen LogP contribution in [-0.2, 0) is 13.1 Å². The lowest BCUT2D eigenvalue weighted by molar-refractivity contribution is 0.805. The van der Waals surface area contributed by atoms with Gasteiger partial charge in [0.1, 0.15) is 0 Å². The Hall–Kier alpha value is -4.04. The Morgan fingerprint density at radius 1 is 0.406 bits per heavy atom. The van der Waals surface area contributed by atoms with Crippen LogP contribution in [0, 0.1) is 0 Å². The van der Waals surface area contributed by atoms with Gasteiger partial charge in [-0.3, -0.25) is 0 Å². The van der Waals surface area contributed by atoms with Gasteiger partial charge in [-0.05, 0) is 35.4 Å². The molecule has 0 amide bonds. The van der Waals surface area contributed by atoms with Crippen molar-refractivity contribution in [3.8, 4) is 11.4 Å². The summed E-state index contributed by atoms with van der Waals surface area (Å²) >= 11 is 0.